The Balaban J connectivity index is 1.46. The Kier molecular flexibility index (Phi) is 3.31. The standard InChI is InChI=1S/C18H29NO2/c1-3-10-16-12(6-1)14-8-5-9-15-13-7-2-4-11-17(13)21-18(20-16)19(14)15/h12-18H,1-11H2. The lowest BCUT2D eigenvalue weighted by molar-refractivity contribution is -0.369. The number of piperidine rings is 1. The zero-order chi connectivity index (χ0) is 13.8. The van der Waals surface area contributed by atoms with Crippen LogP contribution in [0.1, 0.15) is 70.6 Å². The average molecular weight is 291 g/mol. The molecule has 5 aliphatic rings. The van der Waals surface area contributed by atoms with Gasteiger partial charge in [0.2, 0.25) is 6.41 Å². The molecule has 6 unspecified atom stereocenters. The second-order valence-electron chi connectivity index (χ2n) is 8.07. The molecule has 5 fully saturated rings. The molecule has 0 spiro atoms. The van der Waals surface area contributed by atoms with Crippen LogP contribution in [0, 0.1) is 11.8 Å². The van der Waals surface area contributed by atoms with Gasteiger partial charge in [-0.2, -0.15) is 0 Å². The van der Waals surface area contributed by atoms with Crippen LogP contribution in [0.25, 0.3) is 0 Å². The Morgan fingerprint density at radius 3 is 1.67 bits per heavy atom. The van der Waals surface area contributed by atoms with Gasteiger partial charge in [-0.25, -0.2) is 4.90 Å². The lowest BCUT2D eigenvalue weighted by Crippen LogP contribution is -2.69. The normalized spacial score (nSPS) is 53.4. The van der Waals surface area contributed by atoms with Crippen molar-refractivity contribution in [1.29, 1.82) is 0 Å². The highest BCUT2D eigenvalue weighted by Gasteiger charge is 2.55. The van der Waals surface area contributed by atoms with Gasteiger partial charge in [-0.1, -0.05) is 32.1 Å². The number of hydrogen-bond acceptors (Lipinski definition) is 3. The van der Waals surface area contributed by atoms with Gasteiger partial charge in [0, 0.05) is 23.9 Å². The van der Waals surface area contributed by atoms with Gasteiger partial charge >= 0.3 is 0 Å². The average Bonchev–Trinajstić information content (AvgIpc) is 2.55. The highest BCUT2D eigenvalue weighted by atomic mass is 16.7. The lowest BCUT2D eigenvalue weighted by atomic mass is 9.71. The molecule has 0 aromatic carbocycles. The number of fused-ring (bicyclic) bond motifs is 4. The molecule has 0 radical (unpaired) electrons. The van der Waals surface area contributed by atoms with Crippen LogP contribution in [-0.2, 0) is 9.47 Å². The van der Waals surface area contributed by atoms with E-state index in [9.17, 15) is 0 Å². The van der Waals surface area contributed by atoms with Crippen molar-refractivity contribution in [3.8, 4) is 0 Å². The fraction of sp³-hybridized carbons (Fsp3) is 1.00. The molecule has 3 heterocycles. The van der Waals surface area contributed by atoms with Crippen LogP contribution in [0.15, 0.2) is 0 Å². The quantitative estimate of drug-likeness (QED) is 0.679. The molecular weight excluding hydrogens is 262 g/mol. The van der Waals surface area contributed by atoms with Crippen molar-refractivity contribution >= 4 is 0 Å². The van der Waals surface area contributed by atoms with E-state index in [1.807, 2.05) is 0 Å². The first kappa shape index (κ1) is 13.3. The first-order chi connectivity index (χ1) is 10.4. The molecule has 6 atom stereocenters. The van der Waals surface area contributed by atoms with Crippen molar-refractivity contribution in [3.63, 3.8) is 0 Å². The highest BCUT2D eigenvalue weighted by Crippen LogP contribution is 2.49. The summed E-state index contributed by atoms with van der Waals surface area (Å²) in [6, 6.07) is 1.52. The molecule has 0 bridgehead atoms. The summed E-state index contributed by atoms with van der Waals surface area (Å²) in [6.45, 7) is 0. The van der Waals surface area contributed by atoms with Gasteiger partial charge in [-0.15, -0.1) is 0 Å². The Morgan fingerprint density at radius 2 is 1.10 bits per heavy atom. The molecule has 21 heavy (non-hydrogen) atoms. The van der Waals surface area contributed by atoms with Crippen molar-refractivity contribution in [2.75, 3.05) is 0 Å². The summed E-state index contributed by atoms with van der Waals surface area (Å²) in [6.07, 6.45) is 16.0. The van der Waals surface area contributed by atoms with Gasteiger partial charge in [0.25, 0.3) is 0 Å². The van der Waals surface area contributed by atoms with E-state index in [-0.39, 0.29) is 6.41 Å². The lowest BCUT2D eigenvalue weighted by Gasteiger charge is -2.61. The fourth-order valence-electron chi connectivity index (χ4n) is 6.20. The SMILES string of the molecule is C1CCC2C(C1)OC1OC3CCCCC3C3CCCC2N13. The predicted molar refractivity (Wildman–Crippen MR) is 80.7 cm³/mol. The summed E-state index contributed by atoms with van der Waals surface area (Å²) < 4.78 is 13.0. The number of nitrogens with zero attached hydrogens (tertiary/aromatic N) is 1. The molecule has 2 saturated carbocycles. The van der Waals surface area contributed by atoms with E-state index in [1.165, 1.54) is 70.6 Å². The first-order valence-electron chi connectivity index (χ1n) is 9.50. The Morgan fingerprint density at radius 1 is 0.571 bits per heavy atom. The Hall–Kier alpha value is -0.120. The minimum Gasteiger partial charge on any atom is -0.336 e. The predicted octanol–water partition coefficient (Wildman–Crippen LogP) is 3.67. The van der Waals surface area contributed by atoms with Crippen molar-refractivity contribution in [2.45, 2.75) is 101 Å². The van der Waals surface area contributed by atoms with E-state index in [2.05, 4.69) is 4.90 Å². The smallest absolute Gasteiger partial charge is 0.219 e. The molecule has 0 amide bonds. The summed E-state index contributed by atoms with van der Waals surface area (Å²) in [5.41, 5.74) is 0. The largest absolute Gasteiger partial charge is 0.336 e. The van der Waals surface area contributed by atoms with E-state index in [0.717, 1.165) is 23.9 Å². The number of rotatable bonds is 0. The van der Waals surface area contributed by atoms with Crippen LogP contribution in [0.2, 0.25) is 0 Å². The molecular formula is C18H29NO2. The molecule has 0 aromatic heterocycles. The van der Waals surface area contributed by atoms with E-state index in [4.69, 9.17) is 9.47 Å². The van der Waals surface area contributed by atoms with E-state index in [1.54, 1.807) is 0 Å². The van der Waals surface area contributed by atoms with Gasteiger partial charge in [0.1, 0.15) is 0 Å². The second kappa shape index (κ2) is 5.21. The summed E-state index contributed by atoms with van der Waals surface area (Å²) >= 11 is 0. The molecule has 3 nitrogen and oxygen atoms in total. The zero-order valence-electron chi connectivity index (χ0n) is 13.1. The molecule has 0 aromatic rings. The summed E-state index contributed by atoms with van der Waals surface area (Å²) in [5, 5.41) is 0. The number of ether oxygens (including phenoxy) is 2. The second-order valence-corrected chi connectivity index (χ2v) is 8.07. The third-order valence-electron chi connectivity index (χ3n) is 7.09. The molecule has 0 N–H and O–H groups in total. The van der Waals surface area contributed by atoms with Crippen LogP contribution in [0.3, 0.4) is 0 Å². The van der Waals surface area contributed by atoms with Gasteiger partial charge in [0.15, 0.2) is 0 Å². The first-order valence-corrected chi connectivity index (χ1v) is 9.50. The maximum Gasteiger partial charge on any atom is 0.219 e. The molecule has 3 saturated heterocycles. The van der Waals surface area contributed by atoms with Crippen LogP contribution >= 0.6 is 0 Å². The highest BCUT2D eigenvalue weighted by molar-refractivity contribution is 5.02. The monoisotopic (exact) mass is 291 g/mol. The topological polar surface area (TPSA) is 21.7 Å². The van der Waals surface area contributed by atoms with Crippen LogP contribution in [0.4, 0.5) is 0 Å². The van der Waals surface area contributed by atoms with Crippen molar-refractivity contribution in [3.05, 3.63) is 0 Å². The molecule has 5 rings (SSSR count). The van der Waals surface area contributed by atoms with E-state index < -0.39 is 0 Å². The van der Waals surface area contributed by atoms with Gasteiger partial charge in [0.05, 0.1) is 12.2 Å². The van der Waals surface area contributed by atoms with Gasteiger partial charge < -0.3 is 9.47 Å². The van der Waals surface area contributed by atoms with E-state index >= 15 is 0 Å². The fourth-order valence-corrected chi connectivity index (χ4v) is 6.20. The number of hydrogen-bond donors (Lipinski definition) is 0. The Labute approximate surface area is 128 Å². The maximum absolute atomic E-state index is 6.48. The summed E-state index contributed by atoms with van der Waals surface area (Å²) in [5.74, 6) is 1.59. The summed E-state index contributed by atoms with van der Waals surface area (Å²) in [7, 11) is 0. The minimum absolute atomic E-state index is 0.000926. The van der Waals surface area contributed by atoms with Crippen molar-refractivity contribution in [2.24, 2.45) is 11.8 Å². The molecule has 118 valence electrons. The van der Waals surface area contributed by atoms with Crippen molar-refractivity contribution in [1.82, 2.24) is 4.90 Å². The minimum atomic E-state index is -0.000926. The zero-order valence-corrected chi connectivity index (χ0v) is 13.1. The van der Waals surface area contributed by atoms with Gasteiger partial charge in [-0.05, 0) is 38.5 Å². The van der Waals surface area contributed by atoms with Crippen LogP contribution in [-0.4, -0.2) is 35.6 Å². The third-order valence-corrected chi connectivity index (χ3v) is 7.09. The van der Waals surface area contributed by atoms with Crippen LogP contribution in [0.5, 0.6) is 0 Å². The summed E-state index contributed by atoms with van der Waals surface area (Å²) in [4.78, 5) is 2.71. The Bertz CT molecular complexity index is 367. The third kappa shape index (κ3) is 2.04. The van der Waals surface area contributed by atoms with E-state index in [0.29, 0.717) is 12.2 Å². The van der Waals surface area contributed by atoms with Crippen LogP contribution < -0.4 is 0 Å². The molecule has 2 aliphatic carbocycles. The van der Waals surface area contributed by atoms with Crippen molar-refractivity contribution < 1.29 is 9.47 Å². The maximum atomic E-state index is 6.48. The molecule has 3 aliphatic heterocycles. The molecule has 3 heteroatoms. The van der Waals surface area contributed by atoms with Gasteiger partial charge in [-0.3, -0.25) is 0 Å².